The average molecular weight is 292 g/mol. The first-order valence-corrected chi connectivity index (χ1v) is 7.43. The van der Waals surface area contributed by atoms with Gasteiger partial charge < -0.3 is 9.84 Å². The summed E-state index contributed by atoms with van der Waals surface area (Å²) in [6.07, 6.45) is 2.10. The van der Waals surface area contributed by atoms with Crippen molar-refractivity contribution >= 4 is 5.97 Å². The van der Waals surface area contributed by atoms with Gasteiger partial charge in [-0.05, 0) is 24.9 Å². The molecule has 0 aromatic heterocycles. The second-order valence-electron chi connectivity index (χ2n) is 5.57. The zero-order valence-electron chi connectivity index (χ0n) is 12.5. The normalized spacial score (nSPS) is 21.1. The molecule has 0 aliphatic carbocycles. The van der Waals surface area contributed by atoms with E-state index >= 15 is 0 Å². The van der Waals surface area contributed by atoms with E-state index in [0.29, 0.717) is 0 Å². The highest BCUT2D eigenvalue weighted by molar-refractivity contribution is 5.73. The van der Waals surface area contributed by atoms with Crippen molar-refractivity contribution in [1.82, 2.24) is 10.2 Å². The van der Waals surface area contributed by atoms with Gasteiger partial charge in [0.25, 0.3) is 0 Å². The van der Waals surface area contributed by atoms with E-state index in [0.717, 1.165) is 32.5 Å². The smallest absolute Gasteiger partial charge is 0.323 e. The number of likely N-dealkylation sites (tertiary alicyclic amines) is 1. The number of nitrogens with one attached hydrogen (secondary N) is 1. The predicted molar refractivity (Wildman–Crippen MR) is 81.2 cm³/mol. The molecule has 0 bridgehead atoms. The minimum absolute atomic E-state index is 0.199. The van der Waals surface area contributed by atoms with Gasteiger partial charge in [-0.2, -0.15) is 0 Å². The number of methoxy groups -OCH3 is 1. The molecule has 2 unspecified atom stereocenters. The molecule has 0 saturated carbocycles. The summed E-state index contributed by atoms with van der Waals surface area (Å²) in [5.41, 5.74) is 1.30. The van der Waals surface area contributed by atoms with Gasteiger partial charge in [0.2, 0.25) is 0 Å². The van der Waals surface area contributed by atoms with Crippen LogP contribution in [-0.2, 0) is 16.1 Å². The molecule has 0 spiro atoms. The van der Waals surface area contributed by atoms with Crippen molar-refractivity contribution < 1.29 is 14.6 Å². The maximum atomic E-state index is 11.2. The Labute approximate surface area is 125 Å². The number of carboxylic acids is 1. The number of ether oxygens (including phenoxy) is 1. The topological polar surface area (TPSA) is 61.8 Å². The molecule has 1 heterocycles. The quantitative estimate of drug-likeness (QED) is 0.794. The van der Waals surface area contributed by atoms with Crippen LogP contribution in [0, 0.1) is 0 Å². The van der Waals surface area contributed by atoms with Crippen LogP contribution < -0.4 is 5.32 Å². The number of hydrogen-bond donors (Lipinski definition) is 2. The summed E-state index contributed by atoms with van der Waals surface area (Å²) >= 11 is 0. The Kier molecular flexibility index (Phi) is 6.17. The fourth-order valence-electron chi connectivity index (χ4n) is 2.82. The van der Waals surface area contributed by atoms with Gasteiger partial charge in [-0.25, -0.2) is 0 Å². The first kappa shape index (κ1) is 15.9. The van der Waals surface area contributed by atoms with Crippen molar-refractivity contribution in [2.75, 3.05) is 26.8 Å². The molecule has 0 radical (unpaired) electrons. The number of piperidine rings is 1. The molecule has 1 aromatic rings. The lowest BCUT2D eigenvalue weighted by Gasteiger charge is -2.34. The second kappa shape index (κ2) is 8.12. The summed E-state index contributed by atoms with van der Waals surface area (Å²) in [5, 5.41) is 12.4. The number of hydrogen-bond acceptors (Lipinski definition) is 4. The van der Waals surface area contributed by atoms with E-state index in [9.17, 15) is 9.90 Å². The molecule has 116 valence electrons. The zero-order chi connectivity index (χ0) is 15.1. The van der Waals surface area contributed by atoms with E-state index < -0.39 is 12.0 Å². The molecule has 1 aliphatic heterocycles. The highest BCUT2D eigenvalue weighted by Gasteiger charge is 2.25. The Bertz CT molecular complexity index is 438. The minimum Gasteiger partial charge on any atom is -0.480 e. The Morgan fingerprint density at radius 3 is 2.90 bits per heavy atom. The van der Waals surface area contributed by atoms with E-state index in [-0.39, 0.29) is 12.6 Å². The third kappa shape index (κ3) is 5.12. The number of benzene rings is 1. The molecule has 0 amide bonds. The molecule has 2 atom stereocenters. The highest BCUT2D eigenvalue weighted by atomic mass is 16.5. The largest absolute Gasteiger partial charge is 0.480 e. The van der Waals surface area contributed by atoms with Gasteiger partial charge in [-0.1, -0.05) is 30.3 Å². The Balaban J connectivity index is 1.86. The summed E-state index contributed by atoms with van der Waals surface area (Å²) in [5.74, 6) is -0.850. The molecule has 5 heteroatoms. The third-order valence-corrected chi connectivity index (χ3v) is 3.82. The number of rotatable bonds is 7. The lowest BCUT2D eigenvalue weighted by Crippen LogP contribution is -2.52. The monoisotopic (exact) mass is 292 g/mol. The summed E-state index contributed by atoms with van der Waals surface area (Å²) in [6, 6.07) is 9.95. The SMILES string of the molecule is COCC(NC1CCCN(Cc2ccccc2)C1)C(=O)O. The van der Waals surface area contributed by atoms with E-state index in [4.69, 9.17) is 4.74 Å². The van der Waals surface area contributed by atoms with Crippen molar-refractivity contribution in [3.05, 3.63) is 35.9 Å². The van der Waals surface area contributed by atoms with Gasteiger partial charge in [0.1, 0.15) is 6.04 Å². The van der Waals surface area contributed by atoms with Gasteiger partial charge in [-0.15, -0.1) is 0 Å². The fourth-order valence-corrected chi connectivity index (χ4v) is 2.82. The summed E-state index contributed by atoms with van der Waals surface area (Å²) in [4.78, 5) is 13.6. The molecule has 1 saturated heterocycles. The zero-order valence-corrected chi connectivity index (χ0v) is 12.5. The Morgan fingerprint density at radius 1 is 1.48 bits per heavy atom. The molecular formula is C16H24N2O3. The van der Waals surface area contributed by atoms with Gasteiger partial charge in [0.05, 0.1) is 6.61 Å². The maximum Gasteiger partial charge on any atom is 0.323 e. The van der Waals surface area contributed by atoms with Crippen LogP contribution in [0.2, 0.25) is 0 Å². The van der Waals surface area contributed by atoms with Crippen molar-refractivity contribution in [3.8, 4) is 0 Å². The number of carboxylic acid groups (broad SMARTS) is 1. The van der Waals surface area contributed by atoms with E-state index in [1.54, 1.807) is 0 Å². The number of carbonyl (C=O) groups is 1. The molecule has 1 aromatic carbocycles. The molecule has 2 N–H and O–H groups in total. The molecule has 1 fully saturated rings. The van der Waals surface area contributed by atoms with Crippen LogP contribution in [0.25, 0.3) is 0 Å². The molecule has 21 heavy (non-hydrogen) atoms. The van der Waals surface area contributed by atoms with Crippen LogP contribution in [0.15, 0.2) is 30.3 Å². The van der Waals surface area contributed by atoms with Gasteiger partial charge >= 0.3 is 5.97 Å². The summed E-state index contributed by atoms with van der Waals surface area (Å²) in [7, 11) is 1.53. The first-order chi connectivity index (χ1) is 10.2. The molecule has 2 rings (SSSR count). The van der Waals surface area contributed by atoms with E-state index in [1.807, 2.05) is 18.2 Å². The van der Waals surface area contributed by atoms with Crippen LogP contribution in [0.4, 0.5) is 0 Å². The number of nitrogens with zero attached hydrogens (tertiary/aromatic N) is 1. The molecular weight excluding hydrogens is 268 g/mol. The standard InChI is InChI=1S/C16H24N2O3/c1-21-12-15(16(19)20)17-14-8-5-9-18(11-14)10-13-6-3-2-4-7-13/h2-4,6-7,14-15,17H,5,8-12H2,1H3,(H,19,20). The van der Waals surface area contributed by atoms with Crippen LogP contribution in [0.3, 0.4) is 0 Å². The molecule has 1 aliphatic rings. The minimum atomic E-state index is -0.850. The highest BCUT2D eigenvalue weighted by Crippen LogP contribution is 2.14. The predicted octanol–water partition coefficient (Wildman–Crippen LogP) is 1.34. The Hall–Kier alpha value is -1.43. The molecule has 5 nitrogen and oxygen atoms in total. The summed E-state index contributed by atoms with van der Waals surface area (Å²) < 4.78 is 4.97. The van der Waals surface area contributed by atoms with Crippen LogP contribution in [0.1, 0.15) is 18.4 Å². The van der Waals surface area contributed by atoms with E-state index in [2.05, 4.69) is 22.3 Å². The fraction of sp³-hybridized carbons (Fsp3) is 0.562. The van der Waals surface area contributed by atoms with Crippen molar-refractivity contribution in [3.63, 3.8) is 0 Å². The number of aliphatic carboxylic acids is 1. The lowest BCUT2D eigenvalue weighted by atomic mass is 10.0. The summed E-state index contributed by atoms with van der Waals surface area (Å²) in [6.45, 7) is 3.06. The van der Waals surface area contributed by atoms with Crippen LogP contribution in [0.5, 0.6) is 0 Å². The van der Waals surface area contributed by atoms with Crippen molar-refractivity contribution in [2.45, 2.75) is 31.5 Å². The lowest BCUT2D eigenvalue weighted by molar-refractivity contribution is -0.141. The van der Waals surface area contributed by atoms with Crippen molar-refractivity contribution in [2.24, 2.45) is 0 Å². The Morgan fingerprint density at radius 2 is 2.24 bits per heavy atom. The van der Waals surface area contributed by atoms with Gasteiger partial charge in [0, 0.05) is 26.2 Å². The second-order valence-corrected chi connectivity index (χ2v) is 5.57. The third-order valence-electron chi connectivity index (χ3n) is 3.82. The van der Waals surface area contributed by atoms with Crippen LogP contribution >= 0.6 is 0 Å². The van der Waals surface area contributed by atoms with Gasteiger partial charge in [-0.3, -0.25) is 15.0 Å². The van der Waals surface area contributed by atoms with Crippen molar-refractivity contribution in [1.29, 1.82) is 0 Å². The first-order valence-electron chi connectivity index (χ1n) is 7.43. The van der Waals surface area contributed by atoms with E-state index in [1.165, 1.54) is 12.7 Å². The van der Waals surface area contributed by atoms with Gasteiger partial charge in [0.15, 0.2) is 0 Å². The maximum absolute atomic E-state index is 11.2. The average Bonchev–Trinajstić information content (AvgIpc) is 2.48. The van der Waals surface area contributed by atoms with Crippen LogP contribution in [-0.4, -0.2) is 54.9 Å².